The normalized spacial score (nSPS) is 23.9. The van der Waals surface area contributed by atoms with Crippen LogP contribution < -0.4 is 4.74 Å². The lowest BCUT2D eigenvalue weighted by molar-refractivity contribution is 0.00254. The smallest absolute Gasteiger partial charge is 0.410 e. The molecule has 2 atom stereocenters. The molecule has 0 aromatic heterocycles. The molecule has 2 saturated heterocycles. The molecule has 0 N–H and O–H groups in total. The van der Waals surface area contributed by atoms with E-state index < -0.39 is 5.60 Å². The molecule has 0 aliphatic carbocycles. The lowest BCUT2D eigenvalue weighted by atomic mass is 9.84. The van der Waals surface area contributed by atoms with Gasteiger partial charge in [0.2, 0.25) is 0 Å². The number of carbonyl (C=O) groups excluding carboxylic acids is 2. The zero-order valence-corrected chi connectivity index (χ0v) is 17.6. The van der Waals surface area contributed by atoms with Gasteiger partial charge in [-0.2, -0.15) is 0 Å². The molecular weight excluding hydrogens is 366 g/mol. The molecule has 4 rings (SSSR count). The fourth-order valence-electron chi connectivity index (χ4n) is 4.74. The number of rotatable bonds is 3. The summed E-state index contributed by atoms with van der Waals surface area (Å²) in [5, 5.41) is 2.09. The lowest BCUT2D eigenvalue weighted by Gasteiger charge is -2.39. The van der Waals surface area contributed by atoms with Gasteiger partial charge in [0, 0.05) is 23.6 Å². The van der Waals surface area contributed by atoms with Crippen LogP contribution >= 0.6 is 0 Å². The van der Waals surface area contributed by atoms with Gasteiger partial charge in [-0.1, -0.05) is 18.2 Å². The predicted octanol–water partition coefficient (Wildman–Crippen LogP) is 5.21. The second kappa shape index (κ2) is 7.36. The lowest BCUT2D eigenvalue weighted by Crippen LogP contribution is -2.49. The molecule has 5 heteroatoms. The van der Waals surface area contributed by atoms with E-state index in [1.165, 1.54) is 0 Å². The Morgan fingerprint density at radius 1 is 0.966 bits per heavy atom. The Labute approximate surface area is 172 Å². The van der Waals surface area contributed by atoms with Gasteiger partial charge in [0.05, 0.1) is 7.11 Å². The average molecular weight is 395 g/mol. The number of nitrogens with zero attached hydrogens (tertiary/aromatic N) is 1. The number of ketones is 1. The SMILES string of the molecule is COc1ccc2cc(C(=O)C3CC4CCC(C3)N4C(=O)OC(C)(C)C)ccc2c1. The molecule has 2 heterocycles. The van der Waals surface area contributed by atoms with Gasteiger partial charge in [-0.05, 0) is 75.4 Å². The van der Waals surface area contributed by atoms with E-state index in [0.717, 1.165) is 47.8 Å². The topological polar surface area (TPSA) is 55.8 Å². The van der Waals surface area contributed by atoms with Crippen LogP contribution in [0.1, 0.15) is 56.8 Å². The number of Topliss-reactive ketones (excluding diaryl/α,β-unsaturated/α-hetero) is 1. The van der Waals surface area contributed by atoms with Crippen molar-refractivity contribution in [3.05, 3.63) is 42.0 Å². The van der Waals surface area contributed by atoms with Crippen LogP contribution in [0.2, 0.25) is 0 Å². The van der Waals surface area contributed by atoms with Crippen molar-refractivity contribution in [1.82, 2.24) is 4.90 Å². The molecule has 2 aliphatic heterocycles. The summed E-state index contributed by atoms with van der Waals surface area (Å²) in [7, 11) is 1.65. The fraction of sp³-hybridized carbons (Fsp3) is 0.500. The van der Waals surface area contributed by atoms with E-state index >= 15 is 0 Å². The van der Waals surface area contributed by atoms with E-state index in [9.17, 15) is 9.59 Å². The highest BCUT2D eigenvalue weighted by Crippen LogP contribution is 2.41. The van der Waals surface area contributed by atoms with Gasteiger partial charge >= 0.3 is 6.09 Å². The third-order valence-corrected chi connectivity index (χ3v) is 6.04. The van der Waals surface area contributed by atoms with Crippen molar-refractivity contribution in [2.24, 2.45) is 5.92 Å². The van der Waals surface area contributed by atoms with Gasteiger partial charge in [-0.25, -0.2) is 4.79 Å². The van der Waals surface area contributed by atoms with Gasteiger partial charge in [0.1, 0.15) is 11.4 Å². The number of carbonyl (C=O) groups is 2. The number of methoxy groups -OCH3 is 1. The van der Waals surface area contributed by atoms with E-state index in [0.29, 0.717) is 0 Å². The van der Waals surface area contributed by atoms with Crippen LogP contribution in [0, 0.1) is 5.92 Å². The van der Waals surface area contributed by atoms with Crippen LogP contribution in [0.15, 0.2) is 36.4 Å². The van der Waals surface area contributed by atoms with Crippen LogP contribution in [-0.2, 0) is 4.74 Å². The molecular formula is C24H29NO4. The van der Waals surface area contributed by atoms with Gasteiger partial charge < -0.3 is 14.4 Å². The minimum absolute atomic E-state index is 0.0399. The summed E-state index contributed by atoms with van der Waals surface area (Å²) in [6.45, 7) is 5.66. The molecule has 2 unspecified atom stereocenters. The zero-order chi connectivity index (χ0) is 20.8. The van der Waals surface area contributed by atoms with E-state index in [1.54, 1.807) is 7.11 Å². The minimum atomic E-state index is -0.503. The van der Waals surface area contributed by atoms with E-state index in [-0.39, 0.29) is 29.9 Å². The highest BCUT2D eigenvalue weighted by molar-refractivity contribution is 6.01. The monoisotopic (exact) mass is 395 g/mol. The van der Waals surface area contributed by atoms with Gasteiger partial charge in [-0.3, -0.25) is 4.79 Å². The first kappa shape index (κ1) is 19.7. The first-order valence-electron chi connectivity index (χ1n) is 10.4. The van der Waals surface area contributed by atoms with Crippen LogP contribution in [0.3, 0.4) is 0 Å². The van der Waals surface area contributed by atoms with Crippen LogP contribution in [0.4, 0.5) is 4.79 Å². The molecule has 29 heavy (non-hydrogen) atoms. The molecule has 1 amide bonds. The maximum Gasteiger partial charge on any atom is 0.410 e. The Morgan fingerprint density at radius 3 is 2.21 bits per heavy atom. The number of amides is 1. The average Bonchev–Trinajstić information content (AvgIpc) is 2.95. The maximum absolute atomic E-state index is 13.2. The quantitative estimate of drug-likeness (QED) is 0.670. The number of hydrogen-bond acceptors (Lipinski definition) is 4. The van der Waals surface area contributed by atoms with Gasteiger partial charge in [0.15, 0.2) is 5.78 Å². The van der Waals surface area contributed by atoms with Crippen molar-refractivity contribution in [2.45, 2.75) is 64.1 Å². The molecule has 2 aromatic carbocycles. The number of piperidine rings is 1. The van der Waals surface area contributed by atoms with E-state index in [4.69, 9.17) is 9.47 Å². The van der Waals surface area contributed by atoms with Crippen molar-refractivity contribution in [1.29, 1.82) is 0 Å². The van der Waals surface area contributed by atoms with Crippen LogP contribution in [0.25, 0.3) is 10.8 Å². The van der Waals surface area contributed by atoms with E-state index in [1.807, 2.05) is 62.1 Å². The Morgan fingerprint density at radius 2 is 1.59 bits per heavy atom. The van der Waals surface area contributed by atoms with Gasteiger partial charge in [-0.15, -0.1) is 0 Å². The summed E-state index contributed by atoms with van der Waals surface area (Å²) in [6.07, 6.45) is 3.09. The molecule has 2 fully saturated rings. The van der Waals surface area contributed by atoms with Crippen LogP contribution in [0.5, 0.6) is 5.75 Å². The summed E-state index contributed by atoms with van der Waals surface area (Å²) in [4.78, 5) is 27.8. The molecule has 154 valence electrons. The first-order chi connectivity index (χ1) is 13.7. The predicted molar refractivity (Wildman–Crippen MR) is 112 cm³/mol. The Bertz CT molecular complexity index is 932. The summed E-state index contributed by atoms with van der Waals surface area (Å²) >= 11 is 0. The fourth-order valence-corrected chi connectivity index (χ4v) is 4.74. The molecule has 2 aromatic rings. The Hall–Kier alpha value is -2.56. The van der Waals surface area contributed by atoms with Crippen molar-refractivity contribution >= 4 is 22.6 Å². The minimum Gasteiger partial charge on any atom is -0.497 e. The van der Waals surface area contributed by atoms with Crippen molar-refractivity contribution in [2.75, 3.05) is 7.11 Å². The highest BCUT2D eigenvalue weighted by Gasteiger charge is 2.46. The summed E-state index contributed by atoms with van der Waals surface area (Å²) < 4.78 is 10.9. The Balaban J connectivity index is 1.50. The number of hydrogen-bond donors (Lipinski definition) is 0. The second-order valence-electron chi connectivity index (χ2n) is 9.23. The zero-order valence-electron chi connectivity index (χ0n) is 17.6. The second-order valence-corrected chi connectivity index (χ2v) is 9.23. The summed E-state index contributed by atoms with van der Waals surface area (Å²) in [6, 6.07) is 11.9. The summed E-state index contributed by atoms with van der Waals surface area (Å²) in [5.41, 5.74) is 0.245. The standard InChI is InChI=1S/C24H29NO4/c1-24(2,3)29-23(27)25-19-8-9-20(25)13-18(12-19)22(26)17-6-5-16-14-21(28-4)10-7-15(16)11-17/h5-7,10-11,14,18-20H,8-9,12-13H2,1-4H3. The highest BCUT2D eigenvalue weighted by atomic mass is 16.6. The van der Waals surface area contributed by atoms with Crippen LogP contribution in [-0.4, -0.2) is 41.6 Å². The molecule has 0 saturated carbocycles. The third-order valence-electron chi connectivity index (χ3n) is 6.04. The van der Waals surface area contributed by atoms with Crippen molar-refractivity contribution < 1.29 is 19.1 Å². The molecule has 0 radical (unpaired) electrons. The molecule has 2 aliphatic rings. The maximum atomic E-state index is 13.2. The molecule has 0 spiro atoms. The van der Waals surface area contributed by atoms with E-state index in [2.05, 4.69) is 0 Å². The Kier molecular flexibility index (Phi) is 5.01. The largest absolute Gasteiger partial charge is 0.497 e. The molecule has 5 nitrogen and oxygen atoms in total. The van der Waals surface area contributed by atoms with Crippen molar-refractivity contribution in [3.8, 4) is 5.75 Å². The first-order valence-corrected chi connectivity index (χ1v) is 10.4. The number of benzene rings is 2. The number of ether oxygens (including phenoxy) is 2. The third kappa shape index (κ3) is 3.96. The summed E-state index contributed by atoms with van der Waals surface area (Å²) in [5.74, 6) is 0.952. The molecule has 2 bridgehead atoms. The van der Waals surface area contributed by atoms with Crippen molar-refractivity contribution in [3.63, 3.8) is 0 Å². The number of fused-ring (bicyclic) bond motifs is 3. The van der Waals surface area contributed by atoms with Gasteiger partial charge in [0.25, 0.3) is 0 Å².